The fourth-order valence-corrected chi connectivity index (χ4v) is 4.38. The Morgan fingerprint density at radius 3 is 1.81 bits per heavy atom. The lowest BCUT2D eigenvalue weighted by Gasteiger charge is -2.07. The molecular formula is C18H15BrF2I2O4. The molecule has 0 saturated heterocycles. The van der Waals surface area contributed by atoms with E-state index in [-0.39, 0.29) is 11.6 Å². The second kappa shape index (κ2) is 11.2. The van der Waals surface area contributed by atoms with Gasteiger partial charge in [0.15, 0.2) is 0 Å². The Labute approximate surface area is 191 Å². The van der Waals surface area contributed by atoms with Crippen LogP contribution >= 0.6 is 61.1 Å². The van der Waals surface area contributed by atoms with Gasteiger partial charge in [0, 0.05) is 12.5 Å². The van der Waals surface area contributed by atoms with E-state index < -0.39 is 11.9 Å². The van der Waals surface area contributed by atoms with Gasteiger partial charge < -0.3 is 9.47 Å². The van der Waals surface area contributed by atoms with E-state index in [4.69, 9.17) is 0 Å². The van der Waals surface area contributed by atoms with E-state index in [0.29, 0.717) is 34.7 Å². The Morgan fingerprint density at radius 2 is 1.37 bits per heavy atom. The third-order valence-electron chi connectivity index (χ3n) is 3.31. The van der Waals surface area contributed by atoms with Crippen molar-refractivity contribution in [1.29, 1.82) is 0 Å². The molecule has 2 aromatic rings. The molecule has 0 aromatic heterocycles. The highest BCUT2D eigenvalue weighted by Crippen LogP contribution is 2.22. The maximum atomic E-state index is 13.0. The molecule has 0 unspecified atom stereocenters. The van der Waals surface area contributed by atoms with Gasteiger partial charge in [0.2, 0.25) is 0 Å². The third-order valence-corrected chi connectivity index (χ3v) is 5.62. The van der Waals surface area contributed by atoms with Crippen LogP contribution in [0.25, 0.3) is 0 Å². The van der Waals surface area contributed by atoms with Crippen molar-refractivity contribution in [3.63, 3.8) is 0 Å². The maximum absolute atomic E-state index is 13.0. The third kappa shape index (κ3) is 6.63. The molecule has 0 spiro atoms. The van der Waals surface area contributed by atoms with Crippen LogP contribution in [0.2, 0.25) is 0 Å². The molecule has 4 nitrogen and oxygen atoms in total. The fraction of sp³-hybridized carbons (Fsp3) is 0.222. The molecule has 9 heteroatoms. The number of hydrogen-bond acceptors (Lipinski definition) is 4. The van der Waals surface area contributed by atoms with Crippen LogP contribution in [0.1, 0.15) is 31.8 Å². The summed E-state index contributed by atoms with van der Waals surface area (Å²) in [5.41, 5.74) is 2.05. The van der Waals surface area contributed by atoms with E-state index in [1.165, 1.54) is 38.5 Å². The number of benzene rings is 2. The van der Waals surface area contributed by atoms with Crippen molar-refractivity contribution < 1.29 is 27.8 Å². The lowest BCUT2D eigenvalue weighted by molar-refractivity contribution is 0.0589. The summed E-state index contributed by atoms with van der Waals surface area (Å²) in [5.74, 6) is -1.56. The van der Waals surface area contributed by atoms with Crippen LogP contribution in [0.15, 0.2) is 24.3 Å². The van der Waals surface area contributed by atoms with Crippen molar-refractivity contribution >= 4 is 73.1 Å². The van der Waals surface area contributed by atoms with Gasteiger partial charge in [-0.15, -0.1) is 0 Å². The summed E-state index contributed by atoms with van der Waals surface area (Å²) in [7, 11) is 2.61. The quantitative estimate of drug-likeness (QED) is 0.242. The Balaban J connectivity index is 0.000000271. The molecule has 0 saturated carbocycles. The molecule has 0 aliphatic heterocycles. The molecule has 0 fully saturated rings. The van der Waals surface area contributed by atoms with Gasteiger partial charge >= 0.3 is 11.9 Å². The number of rotatable bonds is 3. The summed E-state index contributed by atoms with van der Waals surface area (Å²) < 4.78 is 36.1. The average molecular weight is 667 g/mol. The van der Waals surface area contributed by atoms with Crippen LogP contribution in [-0.2, 0) is 14.8 Å². The number of hydrogen-bond donors (Lipinski definition) is 0. The number of alkyl halides is 1. The molecule has 0 radical (unpaired) electrons. The SMILES string of the molecule is COC(=O)c1c(C)cc(F)cc1I.COC(=O)c1c(I)cc(F)cc1CBr. The zero-order valence-corrected chi connectivity index (χ0v) is 20.4. The average Bonchev–Trinajstić information content (AvgIpc) is 2.59. The minimum Gasteiger partial charge on any atom is -0.465 e. The molecule has 2 rings (SSSR count). The number of halogens is 5. The van der Waals surface area contributed by atoms with Crippen molar-refractivity contribution in [2.24, 2.45) is 0 Å². The predicted molar refractivity (Wildman–Crippen MR) is 118 cm³/mol. The van der Waals surface area contributed by atoms with Gasteiger partial charge in [-0.1, -0.05) is 15.9 Å². The molecule has 146 valence electrons. The van der Waals surface area contributed by atoms with Crippen LogP contribution in [0, 0.1) is 25.7 Å². The summed E-state index contributed by atoms with van der Waals surface area (Å²) in [4.78, 5) is 22.6. The maximum Gasteiger partial charge on any atom is 0.339 e. The molecule has 0 amide bonds. The number of aryl methyl sites for hydroxylation is 1. The zero-order valence-electron chi connectivity index (χ0n) is 14.5. The van der Waals surface area contributed by atoms with E-state index in [2.05, 4.69) is 25.4 Å². The van der Waals surface area contributed by atoms with Crippen LogP contribution < -0.4 is 0 Å². The fourth-order valence-electron chi connectivity index (χ4n) is 2.13. The van der Waals surface area contributed by atoms with Crippen LogP contribution in [0.4, 0.5) is 8.78 Å². The van der Waals surface area contributed by atoms with Crippen LogP contribution in [0.3, 0.4) is 0 Å². The van der Waals surface area contributed by atoms with Crippen molar-refractivity contribution in [3.8, 4) is 0 Å². The molecule has 0 aliphatic rings. The smallest absolute Gasteiger partial charge is 0.339 e. The number of methoxy groups -OCH3 is 2. The van der Waals surface area contributed by atoms with Gasteiger partial charge in [-0.25, -0.2) is 18.4 Å². The van der Waals surface area contributed by atoms with Crippen molar-refractivity contribution in [2.45, 2.75) is 12.3 Å². The zero-order chi connectivity index (χ0) is 20.7. The highest BCUT2D eigenvalue weighted by Gasteiger charge is 2.16. The van der Waals surface area contributed by atoms with Gasteiger partial charge in [0.05, 0.1) is 25.3 Å². The van der Waals surface area contributed by atoms with Gasteiger partial charge in [-0.3, -0.25) is 0 Å². The normalized spacial score (nSPS) is 9.93. The molecule has 0 aliphatic carbocycles. The topological polar surface area (TPSA) is 52.6 Å². The molecular weight excluding hydrogens is 652 g/mol. The van der Waals surface area contributed by atoms with E-state index in [9.17, 15) is 18.4 Å². The molecule has 0 heterocycles. The molecule has 27 heavy (non-hydrogen) atoms. The number of carbonyl (C=O) groups is 2. The second-order valence-electron chi connectivity index (χ2n) is 5.12. The highest BCUT2D eigenvalue weighted by atomic mass is 127. The van der Waals surface area contributed by atoms with Gasteiger partial charge in [-0.05, 0) is 87.5 Å². The molecule has 0 atom stereocenters. The first-order valence-corrected chi connectivity index (χ1v) is 10.6. The Bertz CT molecular complexity index is 836. The summed E-state index contributed by atoms with van der Waals surface area (Å²) in [5, 5.41) is 0.422. The van der Waals surface area contributed by atoms with E-state index in [1.54, 1.807) is 6.92 Å². The van der Waals surface area contributed by atoms with Gasteiger partial charge in [0.1, 0.15) is 11.6 Å². The summed E-state index contributed by atoms with van der Waals surface area (Å²) in [6.07, 6.45) is 0. The van der Waals surface area contributed by atoms with E-state index >= 15 is 0 Å². The largest absolute Gasteiger partial charge is 0.465 e. The van der Waals surface area contributed by atoms with E-state index in [1.807, 2.05) is 45.2 Å². The summed E-state index contributed by atoms with van der Waals surface area (Å²) >= 11 is 7.02. The van der Waals surface area contributed by atoms with Crippen molar-refractivity contribution in [3.05, 3.63) is 65.3 Å². The first-order valence-electron chi connectivity index (χ1n) is 7.32. The lowest BCUT2D eigenvalue weighted by atomic mass is 10.1. The number of carbonyl (C=O) groups excluding carboxylic acids is 2. The van der Waals surface area contributed by atoms with Crippen LogP contribution in [-0.4, -0.2) is 26.2 Å². The first-order chi connectivity index (χ1) is 12.7. The Kier molecular flexibility index (Phi) is 10.1. The van der Waals surface area contributed by atoms with Gasteiger partial charge in [0.25, 0.3) is 0 Å². The second-order valence-corrected chi connectivity index (χ2v) is 8.00. The monoisotopic (exact) mass is 666 g/mol. The minimum absolute atomic E-state index is 0.338. The molecule has 0 N–H and O–H groups in total. The number of esters is 2. The minimum atomic E-state index is -0.441. The van der Waals surface area contributed by atoms with Crippen molar-refractivity contribution in [2.75, 3.05) is 14.2 Å². The predicted octanol–water partition coefficient (Wildman–Crippen LogP) is 5.64. The highest BCUT2D eigenvalue weighted by molar-refractivity contribution is 14.1. The van der Waals surface area contributed by atoms with Gasteiger partial charge in [-0.2, -0.15) is 0 Å². The van der Waals surface area contributed by atoms with Crippen molar-refractivity contribution in [1.82, 2.24) is 0 Å². The Hall–Kier alpha value is -0.820. The number of ether oxygens (including phenoxy) is 2. The lowest BCUT2D eigenvalue weighted by Crippen LogP contribution is -2.08. The van der Waals surface area contributed by atoms with E-state index in [0.717, 1.165) is 0 Å². The summed E-state index contributed by atoms with van der Waals surface area (Å²) in [6, 6.07) is 5.25. The standard InChI is InChI=1S/C9H7BrFIO2.C9H8FIO2/c1-14-9(13)8-5(4-10)2-6(11)3-7(8)12;1-5-3-6(10)4-7(11)8(5)9(12)13-2/h2-3H,4H2,1H3;3-4H,1-2H3. The molecule has 0 bridgehead atoms. The molecule has 2 aromatic carbocycles. The first kappa shape index (κ1) is 24.2. The van der Waals surface area contributed by atoms with Crippen LogP contribution in [0.5, 0.6) is 0 Å². The Morgan fingerprint density at radius 1 is 0.926 bits per heavy atom. The summed E-state index contributed by atoms with van der Waals surface area (Å²) in [6.45, 7) is 1.68.